The summed E-state index contributed by atoms with van der Waals surface area (Å²) < 4.78 is 11.6. The second-order valence-electron chi connectivity index (χ2n) is 8.92. The van der Waals surface area contributed by atoms with Crippen LogP contribution in [-0.4, -0.2) is 71.0 Å². The number of hydrogen-bond acceptors (Lipinski definition) is 8. The van der Waals surface area contributed by atoms with Crippen LogP contribution in [0.5, 0.6) is 0 Å². The summed E-state index contributed by atoms with van der Waals surface area (Å²) in [6.07, 6.45) is 2.06. The Morgan fingerprint density at radius 1 is 0.969 bits per heavy atom. The maximum Gasteiger partial charge on any atom is 0.229 e. The Balaban J connectivity index is 1.63. The molecule has 2 aromatic heterocycles. The van der Waals surface area contributed by atoms with Crippen molar-refractivity contribution in [1.82, 2.24) is 19.9 Å². The van der Waals surface area contributed by atoms with Gasteiger partial charge in [-0.05, 0) is 27.7 Å². The molecule has 0 radical (unpaired) electrons. The first-order valence-electron chi connectivity index (χ1n) is 11.3. The Morgan fingerprint density at radius 3 is 2.44 bits per heavy atom. The smallest absolute Gasteiger partial charge is 0.229 e. The van der Waals surface area contributed by atoms with Gasteiger partial charge in [0.1, 0.15) is 0 Å². The Bertz CT molecular complexity index is 1100. The van der Waals surface area contributed by atoms with Crippen molar-refractivity contribution in [2.75, 3.05) is 42.6 Å². The van der Waals surface area contributed by atoms with Crippen molar-refractivity contribution >= 4 is 22.9 Å². The average Bonchev–Trinajstić information content (AvgIpc) is 2.78. The largest absolute Gasteiger partial charge is 0.377 e. The zero-order valence-corrected chi connectivity index (χ0v) is 19.2. The van der Waals surface area contributed by atoms with Crippen molar-refractivity contribution in [1.29, 1.82) is 0 Å². The quantitative estimate of drug-likeness (QED) is 0.622. The molecule has 0 bridgehead atoms. The number of anilines is 2. The lowest BCUT2D eigenvalue weighted by molar-refractivity contribution is -0.00570. The second kappa shape index (κ2) is 8.60. The fraction of sp³-hybridized carbons (Fsp3) is 0.500. The van der Waals surface area contributed by atoms with Gasteiger partial charge in [0.05, 0.1) is 43.4 Å². The van der Waals surface area contributed by atoms with Crippen LogP contribution in [0.3, 0.4) is 0 Å². The number of ether oxygens (including phenoxy) is 2. The zero-order valence-electron chi connectivity index (χ0n) is 19.2. The summed E-state index contributed by atoms with van der Waals surface area (Å²) in [5.41, 5.74) is 4.40. The highest BCUT2D eigenvalue weighted by atomic mass is 16.5. The van der Waals surface area contributed by atoms with Gasteiger partial charge < -0.3 is 19.3 Å². The average molecular weight is 435 g/mol. The third-order valence-electron chi connectivity index (χ3n) is 6.07. The molecule has 5 rings (SSSR count). The monoisotopic (exact) mass is 434 g/mol. The van der Waals surface area contributed by atoms with Crippen LogP contribution in [0.2, 0.25) is 0 Å². The zero-order chi connectivity index (χ0) is 22.2. The van der Waals surface area contributed by atoms with Gasteiger partial charge in [0.25, 0.3) is 0 Å². The van der Waals surface area contributed by atoms with E-state index < -0.39 is 0 Å². The van der Waals surface area contributed by atoms with E-state index >= 15 is 0 Å². The van der Waals surface area contributed by atoms with Gasteiger partial charge in [-0.2, -0.15) is 9.97 Å². The first-order valence-corrected chi connectivity index (χ1v) is 11.3. The lowest BCUT2D eigenvalue weighted by Gasteiger charge is -2.37. The summed E-state index contributed by atoms with van der Waals surface area (Å²) in [7, 11) is 0. The predicted octanol–water partition coefficient (Wildman–Crippen LogP) is 3.23. The van der Waals surface area contributed by atoms with Crippen LogP contribution in [0.15, 0.2) is 30.5 Å². The summed E-state index contributed by atoms with van der Waals surface area (Å²) in [5, 5.41) is 0. The standard InChI is InChI=1S/C24H30N6O2/c1-15-5-7-19(8-6-15)20-11-25-21-22(26-20)27-24(29-12-17(3)32-18(4)13-29)28-23(21)30-9-10-31-14-16(30)2/h5-8,11,16-18H,9-10,12-14H2,1-4H3/t16-,17-,18+/m0/s1. The number of benzene rings is 1. The normalized spacial score (nSPS) is 24.2. The van der Waals surface area contributed by atoms with Gasteiger partial charge >= 0.3 is 0 Å². The lowest BCUT2D eigenvalue weighted by Crippen LogP contribution is -2.47. The fourth-order valence-electron chi connectivity index (χ4n) is 4.47. The van der Waals surface area contributed by atoms with Crippen LogP contribution < -0.4 is 9.80 Å². The molecule has 0 saturated carbocycles. The van der Waals surface area contributed by atoms with Crippen molar-refractivity contribution in [2.24, 2.45) is 0 Å². The molecule has 4 heterocycles. The van der Waals surface area contributed by atoms with Gasteiger partial charge in [0.2, 0.25) is 5.95 Å². The first kappa shape index (κ1) is 21.0. The molecule has 1 aromatic carbocycles. The van der Waals surface area contributed by atoms with Gasteiger partial charge in [-0.25, -0.2) is 9.97 Å². The maximum atomic E-state index is 5.92. The van der Waals surface area contributed by atoms with Gasteiger partial charge in [0.15, 0.2) is 17.0 Å². The first-order chi connectivity index (χ1) is 15.5. The molecule has 3 aromatic rings. The molecular weight excluding hydrogens is 404 g/mol. The van der Waals surface area contributed by atoms with E-state index in [1.807, 2.05) is 6.20 Å². The predicted molar refractivity (Wildman–Crippen MR) is 125 cm³/mol. The summed E-state index contributed by atoms with van der Waals surface area (Å²) in [4.78, 5) is 24.1. The van der Waals surface area contributed by atoms with E-state index in [1.165, 1.54) is 5.56 Å². The molecule has 0 unspecified atom stereocenters. The van der Waals surface area contributed by atoms with E-state index in [1.54, 1.807) is 0 Å². The second-order valence-corrected chi connectivity index (χ2v) is 8.92. The summed E-state index contributed by atoms with van der Waals surface area (Å²) in [5.74, 6) is 1.51. The highest BCUT2D eigenvalue weighted by Gasteiger charge is 2.28. The molecule has 2 fully saturated rings. The SMILES string of the molecule is Cc1ccc(-c2cnc3c(N4CCOC[C@@H]4C)nc(N4C[C@@H](C)O[C@@H](C)C4)nc3n2)cc1. The molecule has 8 heteroatoms. The van der Waals surface area contributed by atoms with E-state index in [0.29, 0.717) is 24.8 Å². The molecule has 3 atom stereocenters. The third-order valence-corrected chi connectivity index (χ3v) is 6.07. The van der Waals surface area contributed by atoms with E-state index in [0.717, 1.165) is 42.2 Å². The molecular formula is C24H30N6O2. The number of nitrogens with zero attached hydrogens (tertiary/aromatic N) is 6. The number of aryl methyl sites for hydroxylation is 1. The Hall–Kier alpha value is -2.84. The number of aromatic nitrogens is 4. The lowest BCUT2D eigenvalue weighted by atomic mass is 10.1. The molecule has 2 aliphatic rings. The summed E-state index contributed by atoms with van der Waals surface area (Å²) in [6.45, 7) is 12.0. The van der Waals surface area contributed by atoms with Gasteiger partial charge in [0, 0.05) is 25.2 Å². The molecule has 2 aliphatic heterocycles. The van der Waals surface area contributed by atoms with Crippen LogP contribution >= 0.6 is 0 Å². The number of fused-ring (bicyclic) bond motifs is 1. The topological polar surface area (TPSA) is 76.5 Å². The molecule has 32 heavy (non-hydrogen) atoms. The minimum absolute atomic E-state index is 0.119. The Labute approximate surface area is 188 Å². The highest BCUT2D eigenvalue weighted by molar-refractivity contribution is 5.86. The van der Waals surface area contributed by atoms with Crippen molar-refractivity contribution in [3.63, 3.8) is 0 Å². The van der Waals surface area contributed by atoms with Crippen molar-refractivity contribution < 1.29 is 9.47 Å². The van der Waals surface area contributed by atoms with E-state index in [9.17, 15) is 0 Å². The van der Waals surface area contributed by atoms with Crippen LogP contribution in [0, 0.1) is 6.92 Å². The molecule has 0 N–H and O–H groups in total. The van der Waals surface area contributed by atoms with Crippen LogP contribution in [0.4, 0.5) is 11.8 Å². The van der Waals surface area contributed by atoms with Gasteiger partial charge in [-0.1, -0.05) is 29.8 Å². The number of morpholine rings is 2. The Kier molecular flexibility index (Phi) is 5.65. The minimum atomic E-state index is 0.119. The van der Waals surface area contributed by atoms with Crippen molar-refractivity contribution in [2.45, 2.75) is 45.9 Å². The summed E-state index contributed by atoms with van der Waals surface area (Å²) >= 11 is 0. The van der Waals surface area contributed by atoms with E-state index in [-0.39, 0.29) is 18.2 Å². The molecule has 0 spiro atoms. The number of rotatable bonds is 3. The van der Waals surface area contributed by atoms with Crippen LogP contribution in [0.25, 0.3) is 22.4 Å². The molecule has 0 amide bonds. The van der Waals surface area contributed by atoms with Crippen LogP contribution in [-0.2, 0) is 9.47 Å². The van der Waals surface area contributed by atoms with Crippen molar-refractivity contribution in [3.05, 3.63) is 36.0 Å². The minimum Gasteiger partial charge on any atom is -0.377 e. The third kappa shape index (κ3) is 4.12. The van der Waals surface area contributed by atoms with Gasteiger partial charge in [-0.15, -0.1) is 0 Å². The number of hydrogen-bond donors (Lipinski definition) is 0. The Morgan fingerprint density at radius 2 is 1.72 bits per heavy atom. The van der Waals surface area contributed by atoms with E-state index in [4.69, 9.17) is 29.4 Å². The van der Waals surface area contributed by atoms with Crippen LogP contribution in [0.1, 0.15) is 26.3 Å². The molecule has 0 aliphatic carbocycles. The fourth-order valence-corrected chi connectivity index (χ4v) is 4.47. The van der Waals surface area contributed by atoms with Gasteiger partial charge in [-0.3, -0.25) is 0 Å². The highest BCUT2D eigenvalue weighted by Crippen LogP contribution is 2.29. The maximum absolute atomic E-state index is 5.92. The molecule has 8 nitrogen and oxygen atoms in total. The van der Waals surface area contributed by atoms with Crippen molar-refractivity contribution in [3.8, 4) is 11.3 Å². The summed E-state index contributed by atoms with van der Waals surface area (Å²) in [6, 6.07) is 8.52. The van der Waals surface area contributed by atoms with E-state index in [2.05, 4.69) is 61.8 Å². The molecule has 2 saturated heterocycles. The molecule has 168 valence electrons.